The number of aromatic nitrogens is 1. The Morgan fingerprint density at radius 1 is 0.979 bits per heavy atom. The molecule has 0 saturated carbocycles. The van der Waals surface area contributed by atoms with Gasteiger partial charge in [-0.3, -0.25) is 4.98 Å². The summed E-state index contributed by atoms with van der Waals surface area (Å²) in [5.41, 5.74) is 5.49. The van der Waals surface area contributed by atoms with Crippen molar-refractivity contribution in [2.45, 2.75) is 18.1 Å². The van der Waals surface area contributed by atoms with E-state index < -0.39 is 41.0 Å². The number of allylic oxidation sites excluding steroid dienone is 4. The van der Waals surface area contributed by atoms with E-state index in [1.807, 2.05) is 42.5 Å². The summed E-state index contributed by atoms with van der Waals surface area (Å²) in [6.45, 7) is 6.88. The first-order valence-corrected chi connectivity index (χ1v) is 14.0. The van der Waals surface area contributed by atoms with E-state index in [1.54, 1.807) is 24.3 Å². The van der Waals surface area contributed by atoms with E-state index in [2.05, 4.69) is 45.6 Å². The molecule has 0 aliphatic carbocycles. The Kier molecular flexibility index (Phi) is 11.2. The number of benzene rings is 3. The molecule has 7 nitrogen and oxygen atoms in total. The molecule has 1 atom stereocenters. The minimum absolute atomic E-state index is 0.307. The molecule has 4 aromatic rings. The fourth-order valence-electron chi connectivity index (χ4n) is 4.48. The van der Waals surface area contributed by atoms with E-state index in [-0.39, 0.29) is 0 Å². The molecular weight excluding hydrogens is 610 g/mol. The van der Waals surface area contributed by atoms with Crippen molar-refractivity contribution in [3.05, 3.63) is 162 Å². The van der Waals surface area contributed by atoms with Crippen molar-refractivity contribution in [2.75, 3.05) is 6.54 Å². The Balaban J connectivity index is 1.45. The lowest BCUT2D eigenvalue weighted by Crippen LogP contribution is -2.51. The first-order chi connectivity index (χ1) is 22.6. The van der Waals surface area contributed by atoms with Gasteiger partial charge >= 0.3 is 5.92 Å². The predicted octanol–water partition coefficient (Wildman–Crippen LogP) is 7.64. The number of halogens is 4. The molecule has 0 radical (unpaired) electrons. The van der Waals surface area contributed by atoms with Gasteiger partial charge in [0.2, 0.25) is 0 Å². The summed E-state index contributed by atoms with van der Waals surface area (Å²) in [5.74, 6) is -0.0749. The quantitative estimate of drug-likeness (QED) is 0.0266. The first-order valence-electron chi connectivity index (χ1n) is 14.0. The molecule has 47 heavy (non-hydrogen) atoms. The zero-order valence-corrected chi connectivity index (χ0v) is 24.9. The summed E-state index contributed by atoms with van der Waals surface area (Å²) in [5, 5.41) is 19.3. The van der Waals surface area contributed by atoms with E-state index in [9.17, 15) is 13.9 Å². The highest BCUT2D eigenvalue weighted by molar-refractivity contribution is 5.74. The molecule has 4 rings (SSSR count). The summed E-state index contributed by atoms with van der Waals surface area (Å²) in [6, 6.07) is 19.0. The molecule has 238 valence electrons. The second-order valence-corrected chi connectivity index (χ2v) is 10.0. The van der Waals surface area contributed by atoms with Crippen LogP contribution in [0, 0.1) is 29.0 Å². The lowest BCUT2D eigenvalue weighted by Gasteiger charge is -2.36. The number of ether oxygens (including phenoxy) is 1. The highest BCUT2D eigenvalue weighted by Gasteiger charge is 2.57. The Hall–Kier alpha value is -5.86. The number of nitrogens with zero attached hydrogens (tertiary/aromatic N) is 3. The van der Waals surface area contributed by atoms with Crippen LogP contribution < -0.4 is 10.1 Å². The van der Waals surface area contributed by atoms with Crippen LogP contribution >= 0.6 is 0 Å². The van der Waals surface area contributed by atoms with Gasteiger partial charge in [-0.05, 0) is 65.2 Å². The highest BCUT2D eigenvalue weighted by atomic mass is 19.3. The minimum atomic E-state index is -4.17. The number of hydrogen-bond acceptors (Lipinski definition) is 5. The molecule has 1 unspecified atom stereocenters. The summed E-state index contributed by atoms with van der Waals surface area (Å²) in [7, 11) is 0. The van der Waals surface area contributed by atoms with Gasteiger partial charge in [0.25, 0.3) is 0 Å². The van der Waals surface area contributed by atoms with Crippen molar-refractivity contribution < 1.29 is 27.4 Å². The van der Waals surface area contributed by atoms with Crippen molar-refractivity contribution >= 4 is 11.9 Å². The van der Waals surface area contributed by atoms with Gasteiger partial charge in [0.1, 0.15) is 36.0 Å². The molecule has 0 fully saturated rings. The van der Waals surface area contributed by atoms with Gasteiger partial charge in [0.05, 0.1) is 6.54 Å². The monoisotopic (exact) mass is 639 g/mol. The van der Waals surface area contributed by atoms with Gasteiger partial charge in [0.15, 0.2) is 5.60 Å². The molecule has 0 aliphatic rings. The molecule has 3 aromatic carbocycles. The molecule has 1 heterocycles. The smallest absolute Gasteiger partial charge is 0.323 e. The number of rotatable bonds is 13. The maximum absolute atomic E-state index is 15.8. The van der Waals surface area contributed by atoms with Crippen LogP contribution in [0.1, 0.15) is 33.5 Å². The number of aliphatic hydroxyl groups is 1. The Bertz CT molecular complexity index is 1850. The van der Waals surface area contributed by atoms with Crippen molar-refractivity contribution in [1.82, 2.24) is 10.3 Å². The van der Waals surface area contributed by atoms with Crippen LogP contribution in [0.4, 0.5) is 17.6 Å². The van der Waals surface area contributed by atoms with Crippen molar-refractivity contribution in [2.24, 2.45) is 10.3 Å². The average Bonchev–Trinajstić information content (AvgIpc) is 3.08. The first kappa shape index (κ1) is 34.0. The maximum atomic E-state index is 15.8. The second-order valence-electron chi connectivity index (χ2n) is 10.0. The Morgan fingerprint density at radius 3 is 2.30 bits per heavy atom. The van der Waals surface area contributed by atoms with Gasteiger partial charge in [-0.15, -0.1) is 5.10 Å². The van der Waals surface area contributed by atoms with Crippen molar-refractivity contribution in [3.8, 4) is 17.6 Å². The SMILES string of the molecule is C=C/C=C(\C=C)c1ccc(OCc2ccc(C#Cc3ccc(C(F)(F)C(O)(CN/C=N\N=N)c4ccc(F)cc4F)nc3)cc2)cc1. The number of pyridine rings is 1. The molecular formula is C36H29F4N5O2. The van der Waals surface area contributed by atoms with Gasteiger partial charge in [0, 0.05) is 29.0 Å². The molecule has 0 saturated heterocycles. The average molecular weight is 640 g/mol. The van der Waals surface area contributed by atoms with Crippen LogP contribution in [0.3, 0.4) is 0 Å². The Morgan fingerprint density at radius 2 is 1.68 bits per heavy atom. The third-order valence-corrected chi connectivity index (χ3v) is 6.96. The lowest BCUT2D eigenvalue weighted by molar-refractivity contribution is -0.195. The molecule has 0 aliphatic heterocycles. The van der Waals surface area contributed by atoms with Gasteiger partial charge in [-0.2, -0.15) is 14.3 Å². The van der Waals surface area contributed by atoms with E-state index in [4.69, 9.17) is 10.3 Å². The normalized spacial score (nSPS) is 12.8. The number of hydrogen-bond donors (Lipinski definition) is 3. The fourth-order valence-corrected chi connectivity index (χ4v) is 4.48. The molecule has 1 aromatic heterocycles. The highest BCUT2D eigenvalue weighted by Crippen LogP contribution is 2.45. The van der Waals surface area contributed by atoms with Crippen LogP contribution in [0.25, 0.3) is 5.57 Å². The third kappa shape index (κ3) is 8.25. The van der Waals surface area contributed by atoms with Crippen LogP contribution in [0.2, 0.25) is 0 Å². The lowest BCUT2D eigenvalue weighted by atomic mass is 9.84. The summed E-state index contributed by atoms with van der Waals surface area (Å²) in [4.78, 5) is 3.79. The van der Waals surface area contributed by atoms with Crippen molar-refractivity contribution in [3.63, 3.8) is 0 Å². The zero-order valence-electron chi connectivity index (χ0n) is 24.9. The number of nitrogens with one attached hydrogen (secondary N) is 2. The predicted molar refractivity (Wildman–Crippen MR) is 172 cm³/mol. The van der Waals surface area contributed by atoms with Gasteiger partial charge in [-0.25, -0.2) is 8.78 Å². The molecule has 0 bridgehead atoms. The largest absolute Gasteiger partial charge is 0.489 e. The minimum Gasteiger partial charge on any atom is -0.489 e. The van der Waals surface area contributed by atoms with Gasteiger partial charge in [-0.1, -0.05) is 72.7 Å². The topological polar surface area (TPSA) is 103 Å². The standard InChI is InChI=1S/C36H29F4N5O2/c1-3-5-28(4-2)29-13-16-31(17-14-29)47-22-27-10-7-25(8-11-27)6-9-26-12-19-34(43-21-26)36(39,40)35(46,23-42-24-44-45-41)32-18-15-30(37)20-33(32)38/h3-5,7-8,10-21,24,46H,1-2,22-23H2,(H2,41,42,44)/b28-5+. The van der Waals surface area contributed by atoms with Gasteiger partial charge < -0.3 is 15.2 Å². The summed E-state index contributed by atoms with van der Waals surface area (Å²) >= 11 is 0. The zero-order chi connectivity index (χ0) is 33.9. The fraction of sp³-hybridized carbons (Fsp3) is 0.111. The molecule has 0 amide bonds. The summed E-state index contributed by atoms with van der Waals surface area (Å²) in [6.07, 6.45) is 7.21. The second kappa shape index (κ2) is 15.4. The van der Waals surface area contributed by atoms with E-state index >= 15 is 8.78 Å². The van der Waals surface area contributed by atoms with E-state index in [0.29, 0.717) is 29.5 Å². The van der Waals surface area contributed by atoms with Crippen LogP contribution in [-0.2, 0) is 18.1 Å². The van der Waals surface area contributed by atoms with Crippen LogP contribution in [0.15, 0.2) is 127 Å². The van der Waals surface area contributed by atoms with Crippen LogP contribution in [0.5, 0.6) is 5.75 Å². The van der Waals surface area contributed by atoms with E-state index in [1.165, 1.54) is 6.07 Å². The maximum Gasteiger partial charge on any atom is 0.323 e. The van der Waals surface area contributed by atoms with Crippen LogP contribution in [-0.4, -0.2) is 23.0 Å². The third-order valence-electron chi connectivity index (χ3n) is 6.96. The molecule has 0 spiro atoms. The molecule has 3 N–H and O–H groups in total. The number of alkyl halides is 2. The summed E-state index contributed by atoms with van der Waals surface area (Å²) < 4.78 is 65.6. The van der Waals surface area contributed by atoms with Crippen molar-refractivity contribution in [1.29, 1.82) is 5.53 Å². The Labute approximate surface area is 269 Å². The van der Waals surface area contributed by atoms with E-state index in [0.717, 1.165) is 47.4 Å². The molecule has 11 heteroatoms.